The molecule has 1 saturated carbocycles. The van der Waals surface area contributed by atoms with Crippen molar-refractivity contribution in [2.75, 3.05) is 26.7 Å². The highest BCUT2D eigenvalue weighted by Gasteiger charge is 2.36. The summed E-state index contributed by atoms with van der Waals surface area (Å²) in [7, 11) is 1.94. The lowest BCUT2D eigenvalue weighted by atomic mass is 9.74. The number of hydrogen-bond acceptors (Lipinski definition) is 3. The lowest BCUT2D eigenvalue weighted by Crippen LogP contribution is -2.51. The second kappa shape index (κ2) is 9.76. The highest BCUT2D eigenvalue weighted by atomic mass is 127. The zero-order valence-corrected chi connectivity index (χ0v) is 20.0. The number of guanidine groups is 1. The van der Waals surface area contributed by atoms with Gasteiger partial charge >= 0.3 is 0 Å². The molecule has 158 valence electrons. The Morgan fingerprint density at radius 1 is 1.14 bits per heavy atom. The summed E-state index contributed by atoms with van der Waals surface area (Å²) in [5, 5.41) is 12.2. The number of halogens is 1. The van der Waals surface area contributed by atoms with E-state index < -0.39 is 0 Å². The van der Waals surface area contributed by atoms with Crippen LogP contribution < -0.4 is 5.32 Å². The van der Waals surface area contributed by atoms with Gasteiger partial charge in [0.2, 0.25) is 0 Å². The Morgan fingerprint density at radius 3 is 2.64 bits per heavy atom. The van der Waals surface area contributed by atoms with Crippen LogP contribution in [0.3, 0.4) is 0 Å². The Kier molecular flexibility index (Phi) is 7.61. The maximum atomic E-state index is 4.65. The molecule has 1 unspecified atom stereocenters. The largest absolute Gasteiger partial charge is 0.356 e. The van der Waals surface area contributed by atoms with Crippen molar-refractivity contribution >= 4 is 29.9 Å². The highest BCUT2D eigenvalue weighted by Crippen LogP contribution is 2.42. The van der Waals surface area contributed by atoms with Gasteiger partial charge < -0.3 is 14.8 Å². The van der Waals surface area contributed by atoms with Gasteiger partial charge in [-0.2, -0.15) is 0 Å². The molecule has 2 fully saturated rings. The average Bonchev–Trinajstić information content (AvgIpc) is 2.91. The number of aryl methyl sites for hydroxylation is 2. The van der Waals surface area contributed by atoms with Gasteiger partial charge in [0.1, 0.15) is 11.6 Å². The first-order chi connectivity index (χ1) is 13.2. The van der Waals surface area contributed by atoms with Crippen LogP contribution in [-0.2, 0) is 13.0 Å². The van der Waals surface area contributed by atoms with Crippen molar-refractivity contribution in [3.8, 4) is 0 Å². The third kappa shape index (κ3) is 4.82. The maximum absolute atomic E-state index is 4.65. The molecule has 1 spiro atoms. The average molecular weight is 500 g/mol. The van der Waals surface area contributed by atoms with Crippen molar-refractivity contribution in [3.05, 3.63) is 11.6 Å². The van der Waals surface area contributed by atoms with E-state index >= 15 is 0 Å². The number of aliphatic imine (C=N–C) groups is 1. The number of fused-ring (bicyclic) bond motifs is 1. The van der Waals surface area contributed by atoms with Gasteiger partial charge in [-0.3, -0.25) is 4.99 Å². The first-order valence-corrected chi connectivity index (χ1v) is 11.0. The van der Waals surface area contributed by atoms with Gasteiger partial charge in [-0.15, -0.1) is 34.2 Å². The quantitative estimate of drug-likeness (QED) is 0.382. The van der Waals surface area contributed by atoms with Gasteiger partial charge in [0.15, 0.2) is 5.96 Å². The second-order valence-corrected chi connectivity index (χ2v) is 9.05. The molecule has 1 N–H and O–H groups in total. The molecule has 0 bridgehead atoms. The summed E-state index contributed by atoms with van der Waals surface area (Å²) in [6, 6.07) is 0. The first-order valence-electron chi connectivity index (χ1n) is 11.0. The van der Waals surface area contributed by atoms with Crippen molar-refractivity contribution in [2.24, 2.45) is 16.3 Å². The summed E-state index contributed by atoms with van der Waals surface area (Å²) in [5.74, 6) is 3.94. The number of piperidine rings is 1. The molecule has 1 atom stereocenters. The van der Waals surface area contributed by atoms with Crippen molar-refractivity contribution in [2.45, 2.75) is 77.7 Å². The van der Waals surface area contributed by atoms with E-state index in [0.29, 0.717) is 11.3 Å². The maximum Gasteiger partial charge on any atom is 0.193 e. The number of likely N-dealkylation sites (tertiary alicyclic amines) is 1. The minimum absolute atomic E-state index is 0. The van der Waals surface area contributed by atoms with Crippen molar-refractivity contribution in [1.82, 2.24) is 25.0 Å². The van der Waals surface area contributed by atoms with Crippen LogP contribution in [0.25, 0.3) is 0 Å². The molecule has 3 heterocycles. The Hall–Kier alpha value is -0.860. The van der Waals surface area contributed by atoms with E-state index in [0.717, 1.165) is 43.7 Å². The summed E-state index contributed by atoms with van der Waals surface area (Å²) < 4.78 is 2.29. The summed E-state index contributed by atoms with van der Waals surface area (Å²) >= 11 is 0. The van der Waals surface area contributed by atoms with Crippen LogP contribution in [0.15, 0.2) is 4.99 Å². The molecule has 3 aliphatic rings. The number of nitrogens with zero attached hydrogens (tertiary/aromatic N) is 5. The van der Waals surface area contributed by atoms with Crippen LogP contribution in [0.1, 0.15) is 69.4 Å². The fourth-order valence-electron chi connectivity index (χ4n) is 5.54. The normalized spacial score (nSPS) is 25.0. The molecule has 1 saturated heterocycles. The topological polar surface area (TPSA) is 58.3 Å². The van der Waals surface area contributed by atoms with Crippen LogP contribution in [-0.4, -0.2) is 52.3 Å². The van der Waals surface area contributed by atoms with Crippen molar-refractivity contribution in [3.63, 3.8) is 0 Å². The molecule has 1 aromatic rings. The summed E-state index contributed by atoms with van der Waals surface area (Å²) in [5.41, 5.74) is 0.547. The minimum atomic E-state index is 0. The molecular formula is C21H37IN6. The van der Waals surface area contributed by atoms with Gasteiger partial charge in [-0.25, -0.2) is 0 Å². The smallest absolute Gasteiger partial charge is 0.193 e. The Bertz CT molecular complexity index is 662. The SMILES string of the molecule is CN=C(NCC1CCc2nnc(C)n2C1)N1CCCC2(CCCCCC2)C1.I. The third-order valence-corrected chi connectivity index (χ3v) is 7.12. The molecule has 4 rings (SSSR count). The molecule has 7 heteroatoms. The van der Waals surface area contributed by atoms with E-state index in [-0.39, 0.29) is 24.0 Å². The van der Waals surface area contributed by atoms with Gasteiger partial charge in [0, 0.05) is 39.6 Å². The van der Waals surface area contributed by atoms with Crippen LogP contribution >= 0.6 is 24.0 Å². The molecule has 0 aromatic carbocycles. The summed E-state index contributed by atoms with van der Waals surface area (Å²) in [6.45, 7) is 6.44. The van der Waals surface area contributed by atoms with E-state index in [1.54, 1.807) is 0 Å². The van der Waals surface area contributed by atoms with Crippen LogP contribution in [0.5, 0.6) is 0 Å². The van der Waals surface area contributed by atoms with E-state index in [1.807, 2.05) is 7.05 Å². The van der Waals surface area contributed by atoms with Gasteiger partial charge in [0.05, 0.1) is 0 Å². The van der Waals surface area contributed by atoms with Gasteiger partial charge in [-0.1, -0.05) is 25.7 Å². The number of hydrogen-bond donors (Lipinski definition) is 1. The number of nitrogens with one attached hydrogen (secondary N) is 1. The highest BCUT2D eigenvalue weighted by molar-refractivity contribution is 14.0. The van der Waals surface area contributed by atoms with Crippen LogP contribution in [0.4, 0.5) is 0 Å². The third-order valence-electron chi connectivity index (χ3n) is 7.12. The van der Waals surface area contributed by atoms with E-state index in [4.69, 9.17) is 0 Å². The molecule has 28 heavy (non-hydrogen) atoms. The number of rotatable bonds is 2. The van der Waals surface area contributed by atoms with E-state index in [2.05, 4.69) is 36.9 Å². The van der Waals surface area contributed by atoms with Gasteiger partial charge in [0.25, 0.3) is 0 Å². The van der Waals surface area contributed by atoms with E-state index in [1.165, 1.54) is 64.3 Å². The predicted molar refractivity (Wildman–Crippen MR) is 124 cm³/mol. The zero-order valence-electron chi connectivity index (χ0n) is 17.6. The van der Waals surface area contributed by atoms with E-state index in [9.17, 15) is 0 Å². The monoisotopic (exact) mass is 500 g/mol. The Morgan fingerprint density at radius 2 is 1.89 bits per heavy atom. The van der Waals surface area contributed by atoms with Crippen LogP contribution in [0, 0.1) is 18.3 Å². The molecule has 0 radical (unpaired) electrons. The lowest BCUT2D eigenvalue weighted by molar-refractivity contribution is 0.115. The minimum Gasteiger partial charge on any atom is -0.356 e. The van der Waals surface area contributed by atoms with Gasteiger partial charge in [-0.05, 0) is 50.4 Å². The summed E-state index contributed by atoms with van der Waals surface area (Å²) in [6.07, 6.45) is 13.5. The summed E-state index contributed by atoms with van der Waals surface area (Å²) in [4.78, 5) is 7.20. The lowest BCUT2D eigenvalue weighted by Gasteiger charge is -2.44. The fraction of sp³-hybridized carbons (Fsp3) is 0.857. The molecule has 1 aromatic heterocycles. The Labute approximate surface area is 187 Å². The molecule has 6 nitrogen and oxygen atoms in total. The molecule has 1 aliphatic carbocycles. The van der Waals surface area contributed by atoms with Crippen molar-refractivity contribution in [1.29, 1.82) is 0 Å². The second-order valence-electron chi connectivity index (χ2n) is 9.05. The zero-order chi connectivity index (χ0) is 18.7. The van der Waals surface area contributed by atoms with Crippen LogP contribution in [0.2, 0.25) is 0 Å². The predicted octanol–water partition coefficient (Wildman–Crippen LogP) is 3.78. The molecule has 2 aliphatic heterocycles. The molecule has 0 amide bonds. The Balaban J connectivity index is 0.00000225. The molecular weight excluding hydrogens is 463 g/mol. The fourth-order valence-corrected chi connectivity index (χ4v) is 5.54. The van der Waals surface area contributed by atoms with Crippen molar-refractivity contribution < 1.29 is 0 Å². The standard InChI is InChI=1S/C21H36N6.HI/c1-17-24-25-19-9-8-18(15-27(17)19)14-23-20(22-2)26-13-7-12-21(16-26)10-5-3-4-6-11-21;/h18H,3-16H2,1-2H3,(H,22,23);1H. The number of aromatic nitrogens is 3. The first kappa shape index (κ1) is 21.8.